The standard InChI is InChI=1S/C16H19FN2/c17-15-6-3-7-16(14(15)10-18)19-9-8-12-4-1-2-5-13(12)11-19/h3,6-7,12-13H,1-2,4-5,8-9,11H2. The van der Waals surface area contributed by atoms with Crippen molar-refractivity contribution in [3.8, 4) is 6.07 Å². The van der Waals surface area contributed by atoms with Crippen molar-refractivity contribution in [3.63, 3.8) is 0 Å². The SMILES string of the molecule is N#Cc1c(F)cccc1N1CCC2CCCCC2C1. The summed E-state index contributed by atoms with van der Waals surface area (Å²) in [7, 11) is 0. The monoisotopic (exact) mass is 258 g/mol. The highest BCUT2D eigenvalue weighted by Gasteiger charge is 2.32. The number of halogens is 1. The van der Waals surface area contributed by atoms with Gasteiger partial charge in [0.1, 0.15) is 17.4 Å². The highest BCUT2D eigenvalue weighted by atomic mass is 19.1. The topological polar surface area (TPSA) is 27.0 Å². The van der Waals surface area contributed by atoms with E-state index in [-0.39, 0.29) is 5.56 Å². The van der Waals surface area contributed by atoms with Gasteiger partial charge in [0.25, 0.3) is 0 Å². The molecular weight excluding hydrogens is 239 g/mol. The smallest absolute Gasteiger partial charge is 0.143 e. The molecule has 0 radical (unpaired) electrons. The van der Waals surface area contributed by atoms with E-state index in [0.717, 1.165) is 30.6 Å². The highest BCUT2D eigenvalue weighted by molar-refractivity contribution is 5.60. The quantitative estimate of drug-likeness (QED) is 0.767. The van der Waals surface area contributed by atoms with Crippen LogP contribution in [-0.4, -0.2) is 13.1 Å². The van der Waals surface area contributed by atoms with Gasteiger partial charge in [-0.25, -0.2) is 4.39 Å². The van der Waals surface area contributed by atoms with E-state index in [1.54, 1.807) is 6.07 Å². The van der Waals surface area contributed by atoms with Crippen molar-refractivity contribution in [1.82, 2.24) is 0 Å². The van der Waals surface area contributed by atoms with Crippen molar-refractivity contribution in [3.05, 3.63) is 29.6 Å². The van der Waals surface area contributed by atoms with Crippen LogP contribution in [0.5, 0.6) is 0 Å². The fourth-order valence-corrected chi connectivity index (χ4v) is 3.71. The molecule has 1 heterocycles. The van der Waals surface area contributed by atoms with E-state index in [9.17, 15) is 4.39 Å². The van der Waals surface area contributed by atoms with E-state index < -0.39 is 5.82 Å². The van der Waals surface area contributed by atoms with E-state index in [0.29, 0.717) is 0 Å². The molecule has 0 bridgehead atoms. The van der Waals surface area contributed by atoms with Crippen LogP contribution in [0.15, 0.2) is 18.2 Å². The predicted octanol–water partition coefficient (Wildman–Crippen LogP) is 3.71. The first-order chi connectivity index (χ1) is 9.29. The zero-order chi connectivity index (χ0) is 13.2. The van der Waals surface area contributed by atoms with Gasteiger partial charge in [-0.3, -0.25) is 0 Å². The van der Waals surface area contributed by atoms with E-state index in [4.69, 9.17) is 5.26 Å². The fourth-order valence-electron chi connectivity index (χ4n) is 3.71. The normalized spacial score (nSPS) is 26.6. The summed E-state index contributed by atoms with van der Waals surface area (Å²) in [6.45, 7) is 1.95. The molecule has 1 aliphatic carbocycles. The lowest BCUT2D eigenvalue weighted by Crippen LogP contribution is -2.42. The van der Waals surface area contributed by atoms with Crippen molar-refractivity contribution in [2.75, 3.05) is 18.0 Å². The summed E-state index contributed by atoms with van der Waals surface area (Å²) in [4.78, 5) is 2.22. The maximum Gasteiger partial charge on any atom is 0.143 e. The number of anilines is 1. The Labute approximate surface area is 113 Å². The number of piperidine rings is 1. The van der Waals surface area contributed by atoms with Crippen LogP contribution in [0.4, 0.5) is 10.1 Å². The zero-order valence-electron chi connectivity index (χ0n) is 11.1. The van der Waals surface area contributed by atoms with Crippen LogP contribution < -0.4 is 4.90 Å². The van der Waals surface area contributed by atoms with Crippen molar-refractivity contribution in [2.45, 2.75) is 32.1 Å². The van der Waals surface area contributed by atoms with E-state index >= 15 is 0 Å². The van der Waals surface area contributed by atoms with Crippen LogP contribution in [-0.2, 0) is 0 Å². The molecule has 1 aromatic rings. The van der Waals surface area contributed by atoms with Gasteiger partial charge in [0.15, 0.2) is 0 Å². The molecule has 0 N–H and O–H groups in total. The summed E-state index contributed by atoms with van der Waals surface area (Å²) in [6.07, 6.45) is 6.52. The number of fused-ring (bicyclic) bond motifs is 1. The minimum absolute atomic E-state index is 0.205. The lowest BCUT2D eigenvalue weighted by atomic mass is 9.75. The molecule has 2 unspecified atom stereocenters. The summed E-state index contributed by atoms with van der Waals surface area (Å²) in [6, 6.07) is 6.97. The Bertz CT molecular complexity index is 506. The number of hydrogen-bond donors (Lipinski definition) is 0. The van der Waals surface area contributed by atoms with Crippen molar-refractivity contribution in [2.24, 2.45) is 11.8 Å². The molecule has 100 valence electrons. The molecule has 2 aliphatic rings. The van der Waals surface area contributed by atoms with Crippen LogP contribution in [0.2, 0.25) is 0 Å². The lowest BCUT2D eigenvalue weighted by molar-refractivity contribution is 0.202. The number of nitrogens with zero attached hydrogens (tertiary/aromatic N) is 2. The average Bonchev–Trinajstić information content (AvgIpc) is 2.46. The van der Waals surface area contributed by atoms with Gasteiger partial charge in [-0.15, -0.1) is 0 Å². The molecule has 2 fully saturated rings. The van der Waals surface area contributed by atoms with Crippen molar-refractivity contribution < 1.29 is 4.39 Å². The Morgan fingerprint density at radius 2 is 1.95 bits per heavy atom. The summed E-state index contributed by atoms with van der Waals surface area (Å²) in [5.41, 5.74) is 0.989. The van der Waals surface area contributed by atoms with E-state index in [2.05, 4.69) is 4.90 Å². The Morgan fingerprint density at radius 1 is 1.16 bits per heavy atom. The van der Waals surface area contributed by atoms with Gasteiger partial charge in [-0.05, 0) is 36.8 Å². The molecule has 2 atom stereocenters. The average molecular weight is 258 g/mol. The first kappa shape index (κ1) is 12.5. The molecule has 3 heteroatoms. The van der Waals surface area contributed by atoms with Crippen molar-refractivity contribution >= 4 is 5.69 Å². The van der Waals surface area contributed by atoms with Gasteiger partial charge in [-0.2, -0.15) is 5.26 Å². The highest BCUT2D eigenvalue weighted by Crippen LogP contribution is 2.38. The maximum atomic E-state index is 13.7. The molecule has 1 aromatic carbocycles. The second-order valence-electron chi connectivity index (χ2n) is 5.79. The van der Waals surface area contributed by atoms with Gasteiger partial charge in [0, 0.05) is 13.1 Å². The van der Waals surface area contributed by atoms with Crippen LogP contribution in [0, 0.1) is 29.0 Å². The predicted molar refractivity (Wildman–Crippen MR) is 73.4 cm³/mol. The second kappa shape index (κ2) is 5.21. The molecule has 0 spiro atoms. The Kier molecular flexibility index (Phi) is 3.42. The van der Waals surface area contributed by atoms with Crippen molar-refractivity contribution in [1.29, 1.82) is 5.26 Å². The third-order valence-corrected chi connectivity index (χ3v) is 4.74. The zero-order valence-corrected chi connectivity index (χ0v) is 11.1. The molecule has 1 saturated heterocycles. The molecule has 0 aromatic heterocycles. The van der Waals surface area contributed by atoms with E-state index in [1.807, 2.05) is 12.1 Å². The number of benzene rings is 1. The summed E-state index contributed by atoms with van der Waals surface area (Å²) in [5, 5.41) is 9.15. The summed E-state index contributed by atoms with van der Waals surface area (Å²) in [5.74, 6) is 1.19. The minimum atomic E-state index is -0.397. The molecule has 0 amide bonds. The fraction of sp³-hybridized carbons (Fsp3) is 0.562. The molecule has 1 saturated carbocycles. The van der Waals surface area contributed by atoms with Gasteiger partial charge in [-0.1, -0.05) is 25.3 Å². The van der Waals surface area contributed by atoms with Gasteiger partial charge in [0.2, 0.25) is 0 Å². The Morgan fingerprint density at radius 3 is 2.74 bits per heavy atom. The Balaban J connectivity index is 1.84. The summed E-state index contributed by atoms with van der Waals surface area (Å²) >= 11 is 0. The maximum absolute atomic E-state index is 13.7. The molecule has 2 nitrogen and oxygen atoms in total. The molecule has 3 rings (SSSR count). The van der Waals surface area contributed by atoms with Gasteiger partial charge < -0.3 is 4.90 Å². The third kappa shape index (κ3) is 2.32. The van der Waals surface area contributed by atoms with Gasteiger partial charge >= 0.3 is 0 Å². The second-order valence-corrected chi connectivity index (χ2v) is 5.79. The van der Waals surface area contributed by atoms with Crippen LogP contribution in [0.3, 0.4) is 0 Å². The van der Waals surface area contributed by atoms with Crippen LogP contribution in [0.25, 0.3) is 0 Å². The van der Waals surface area contributed by atoms with Gasteiger partial charge in [0.05, 0.1) is 5.69 Å². The van der Waals surface area contributed by atoms with E-state index in [1.165, 1.54) is 38.2 Å². The lowest BCUT2D eigenvalue weighted by Gasteiger charge is -2.42. The number of nitriles is 1. The van der Waals surface area contributed by atoms with Crippen LogP contribution >= 0.6 is 0 Å². The Hall–Kier alpha value is -1.56. The molecule has 1 aliphatic heterocycles. The number of hydrogen-bond acceptors (Lipinski definition) is 2. The summed E-state index contributed by atoms with van der Waals surface area (Å²) < 4.78 is 13.7. The first-order valence-corrected chi connectivity index (χ1v) is 7.23. The van der Waals surface area contributed by atoms with Crippen LogP contribution in [0.1, 0.15) is 37.7 Å². The number of rotatable bonds is 1. The minimum Gasteiger partial charge on any atom is -0.370 e. The largest absolute Gasteiger partial charge is 0.370 e. The molecule has 19 heavy (non-hydrogen) atoms. The molecular formula is C16H19FN2. The first-order valence-electron chi connectivity index (χ1n) is 7.23. The third-order valence-electron chi connectivity index (χ3n) is 4.74.